The van der Waals surface area contributed by atoms with Crippen molar-refractivity contribution >= 4 is 25.3 Å². The van der Waals surface area contributed by atoms with Crippen molar-refractivity contribution in [3.8, 4) is 0 Å². The Balaban J connectivity index is 0.000000520. The molecule has 2 unspecified atom stereocenters. The minimum atomic E-state index is -0.197. The minimum absolute atomic E-state index is 0.00588. The Hall–Kier alpha value is -2.48. The molecule has 0 radical (unpaired) electrons. The molecule has 2 rings (SSSR count). The first kappa shape index (κ1) is 25.5. The molecule has 2 fully saturated rings. The minimum Gasteiger partial charge on any atom is -0.369 e. The van der Waals surface area contributed by atoms with E-state index in [9.17, 15) is 9.59 Å². The van der Waals surface area contributed by atoms with Crippen LogP contribution in [0.1, 0.15) is 33.1 Å². The standard InChI is InChI=1S/C12H19N3O.C7H14N2O.CH2O/c1-4-9(2)12(14-3)15-7-5-10(6-8-15)11(13)16;1-5-4-9-3-2-6(5)7(8)10;1-2/h4,10H,1,3,5-8H2,2H3,(H2,13,16);5-6,9H,2-4H2,1H3,(H2,8,10);1H2/b12-9+;;. The number of primary amides is 2. The van der Waals surface area contributed by atoms with Crippen molar-refractivity contribution in [3.05, 3.63) is 24.0 Å². The van der Waals surface area contributed by atoms with Crippen molar-refractivity contribution in [3.63, 3.8) is 0 Å². The molecule has 0 aromatic carbocycles. The Morgan fingerprint density at radius 2 is 1.71 bits per heavy atom. The summed E-state index contributed by atoms with van der Waals surface area (Å²) in [4.78, 5) is 35.9. The first-order valence-electron chi connectivity index (χ1n) is 9.45. The molecule has 2 atom stereocenters. The molecule has 2 aliphatic heterocycles. The van der Waals surface area contributed by atoms with E-state index in [1.165, 1.54) is 0 Å². The van der Waals surface area contributed by atoms with Crippen LogP contribution in [-0.4, -0.2) is 56.4 Å². The molecule has 0 aliphatic carbocycles. The molecule has 0 aromatic rings. The Morgan fingerprint density at radius 3 is 2.07 bits per heavy atom. The van der Waals surface area contributed by atoms with Crippen LogP contribution in [0.2, 0.25) is 0 Å². The largest absolute Gasteiger partial charge is 0.369 e. The summed E-state index contributed by atoms with van der Waals surface area (Å²) in [7, 11) is 0. The first-order chi connectivity index (χ1) is 13.3. The van der Waals surface area contributed by atoms with E-state index in [-0.39, 0.29) is 23.7 Å². The second kappa shape index (κ2) is 13.7. The van der Waals surface area contributed by atoms with E-state index in [4.69, 9.17) is 16.3 Å². The molecule has 2 aliphatic rings. The van der Waals surface area contributed by atoms with Crippen LogP contribution in [0.25, 0.3) is 0 Å². The van der Waals surface area contributed by atoms with Gasteiger partial charge in [0.15, 0.2) is 0 Å². The maximum absolute atomic E-state index is 11.0. The summed E-state index contributed by atoms with van der Waals surface area (Å²) in [6, 6.07) is 0. The van der Waals surface area contributed by atoms with Gasteiger partial charge in [-0.2, -0.15) is 0 Å². The number of allylic oxidation sites excluding steroid dienone is 2. The van der Waals surface area contributed by atoms with E-state index in [1.54, 1.807) is 6.08 Å². The first-order valence-corrected chi connectivity index (χ1v) is 9.45. The lowest BCUT2D eigenvalue weighted by molar-refractivity contribution is -0.124. The number of hydrogen-bond donors (Lipinski definition) is 3. The van der Waals surface area contributed by atoms with Gasteiger partial charge in [-0.3, -0.25) is 9.59 Å². The van der Waals surface area contributed by atoms with Crippen molar-refractivity contribution in [2.24, 2.45) is 34.2 Å². The number of carbonyl (C=O) groups excluding carboxylic acids is 3. The van der Waals surface area contributed by atoms with Crippen LogP contribution in [0.3, 0.4) is 0 Å². The van der Waals surface area contributed by atoms with Crippen LogP contribution >= 0.6 is 0 Å². The lowest BCUT2D eigenvalue weighted by Crippen LogP contribution is -2.41. The fourth-order valence-electron chi connectivity index (χ4n) is 3.38. The fraction of sp³-hybridized carbons (Fsp3) is 0.600. The summed E-state index contributed by atoms with van der Waals surface area (Å²) >= 11 is 0. The topological polar surface area (TPSA) is 131 Å². The Labute approximate surface area is 168 Å². The summed E-state index contributed by atoms with van der Waals surface area (Å²) in [5.41, 5.74) is 11.5. The number of rotatable bonds is 5. The van der Waals surface area contributed by atoms with Crippen molar-refractivity contribution in [2.45, 2.75) is 33.1 Å². The molecule has 28 heavy (non-hydrogen) atoms. The third-order valence-corrected chi connectivity index (χ3v) is 5.16. The highest BCUT2D eigenvalue weighted by Crippen LogP contribution is 2.22. The van der Waals surface area contributed by atoms with Crippen molar-refractivity contribution in [1.82, 2.24) is 10.2 Å². The second-order valence-corrected chi connectivity index (χ2v) is 7.01. The van der Waals surface area contributed by atoms with E-state index in [0.29, 0.717) is 5.92 Å². The zero-order valence-electron chi connectivity index (χ0n) is 17.2. The number of carbonyl (C=O) groups is 3. The van der Waals surface area contributed by atoms with Crippen molar-refractivity contribution in [1.29, 1.82) is 0 Å². The maximum Gasteiger partial charge on any atom is 0.220 e. The van der Waals surface area contributed by atoms with Crippen LogP contribution in [0.4, 0.5) is 0 Å². The van der Waals surface area contributed by atoms with Crippen molar-refractivity contribution in [2.75, 3.05) is 26.2 Å². The van der Waals surface area contributed by atoms with Crippen LogP contribution in [-0.2, 0) is 14.4 Å². The monoisotopic (exact) mass is 393 g/mol. The van der Waals surface area contributed by atoms with Gasteiger partial charge in [0.1, 0.15) is 12.6 Å². The van der Waals surface area contributed by atoms with Gasteiger partial charge < -0.3 is 26.5 Å². The summed E-state index contributed by atoms with van der Waals surface area (Å²) < 4.78 is 0. The van der Waals surface area contributed by atoms with Gasteiger partial charge in [-0.1, -0.05) is 19.6 Å². The molecule has 0 aromatic heterocycles. The van der Waals surface area contributed by atoms with E-state index < -0.39 is 0 Å². The van der Waals surface area contributed by atoms with E-state index in [0.717, 1.165) is 56.8 Å². The highest BCUT2D eigenvalue weighted by atomic mass is 16.1. The third-order valence-electron chi connectivity index (χ3n) is 5.16. The SMILES string of the molecule is C=C/C(C)=C(\N=C)N1CCC(C(N)=O)CC1.C=O.CC1CNCCC1C(N)=O. The predicted octanol–water partition coefficient (Wildman–Crippen LogP) is 0.834. The average Bonchev–Trinajstić information content (AvgIpc) is 2.71. The second-order valence-electron chi connectivity index (χ2n) is 7.01. The van der Waals surface area contributed by atoms with E-state index in [1.807, 2.05) is 13.7 Å². The smallest absolute Gasteiger partial charge is 0.220 e. The molecule has 158 valence electrons. The Bertz CT molecular complexity index is 568. The zero-order valence-corrected chi connectivity index (χ0v) is 17.2. The number of aliphatic imine (C=N–C) groups is 1. The maximum atomic E-state index is 11.0. The van der Waals surface area contributed by atoms with E-state index in [2.05, 4.69) is 35.4 Å². The van der Waals surface area contributed by atoms with Crippen molar-refractivity contribution < 1.29 is 14.4 Å². The van der Waals surface area contributed by atoms with Gasteiger partial charge >= 0.3 is 0 Å². The van der Waals surface area contributed by atoms with Gasteiger partial charge in [0.25, 0.3) is 0 Å². The van der Waals surface area contributed by atoms with Crippen LogP contribution < -0.4 is 16.8 Å². The predicted molar refractivity (Wildman–Crippen MR) is 112 cm³/mol. The quantitative estimate of drug-likeness (QED) is 0.470. The van der Waals surface area contributed by atoms with Gasteiger partial charge in [-0.15, -0.1) is 0 Å². The number of nitrogens with one attached hydrogen (secondary N) is 1. The van der Waals surface area contributed by atoms with Crippen LogP contribution in [0.5, 0.6) is 0 Å². The Morgan fingerprint density at radius 1 is 1.14 bits per heavy atom. The van der Waals surface area contributed by atoms with Gasteiger partial charge in [0.2, 0.25) is 11.8 Å². The molecule has 0 spiro atoms. The number of nitrogens with zero attached hydrogens (tertiary/aromatic N) is 2. The van der Waals surface area contributed by atoms with Gasteiger partial charge in [0, 0.05) is 24.9 Å². The molecule has 2 amide bonds. The number of likely N-dealkylation sites (tertiary alicyclic amines) is 1. The number of nitrogens with two attached hydrogens (primary N) is 2. The van der Waals surface area contributed by atoms with Crippen LogP contribution in [0, 0.1) is 17.8 Å². The molecule has 8 heteroatoms. The summed E-state index contributed by atoms with van der Waals surface area (Å²) in [5, 5.41) is 3.21. The van der Waals surface area contributed by atoms with Gasteiger partial charge in [0.05, 0.1) is 0 Å². The molecule has 0 bridgehead atoms. The Kier molecular flexibility index (Phi) is 12.4. The van der Waals surface area contributed by atoms with Gasteiger partial charge in [-0.25, -0.2) is 4.99 Å². The summed E-state index contributed by atoms with van der Waals surface area (Å²) in [6.07, 6.45) is 4.25. The fourth-order valence-corrected chi connectivity index (χ4v) is 3.38. The molecular weight excluding hydrogens is 358 g/mol. The van der Waals surface area contributed by atoms with Gasteiger partial charge in [-0.05, 0) is 57.5 Å². The number of hydrogen-bond acceptors (Lipinski definition) is 6. The van der Waals surface area contributed by atoms with E-state index >= 15 is 0 Å². The lowest BCUT2D eigenvalue weighted by atomic mass is 9.87. The summed E-state index contributed by atoms with van der Waals surface area (Å²) in [5.74, 6) is 1.03. The highest BCUT2D eigenvalue weighted by molar-refractivity contribution is 5.77. The zero-order chi connectivity index (χ0) is 21.7. The summed E-state index contributed by atoms with van der Waals surface area (Å²) in [6.45, 7) is 16.8. The molecule has 0 saturated carbocycles. The molecule has 2 saturated heterocycles. The average molecular weight is 394 g/mol. The third kappa shape index (κ3) is 8.04. The highest BCUT2D eigenvalue weighted by Gasteiger charge is 2.25. The number of piperidine rings is 2. The molecular formula is C20H35N5O3. The molecule has 8 nitrogen and oxygen atoms in total. The normalized spacial score (nSPS) is 23.0. The molecule has 5 N–H and O–H groups in total. The lowest BCUT2D eigenvalue weighted by Gasteiger charge is -2.32. The molecule has 2 heterocycles. The number of amides is 2. The van der Waals surface area contributed by atoms with Crippen LogP contribution in [0.15, 0.2) is 29.0 Å².